The van der Waals surface area contributed by atoms with Crippen LogP contribution in [0.2, 0.25) is 0 Å². The largest absolute Gasteiger partial charge is 0.358 e. The summed E-state index contributed by atoms with van der Waals surface area (Å²) < 4.78 is 3.12. The molecule has 4 heterocycles. The minimum Gasteiger partial charge on any atom is -0.358 e. The third kappa shape index (κ3) is 3.63. The molecule has 0 radical (unpaired) electrons. The Morgan fingerprint density at radius 3 is 2.69 bits per heavy atom. The molecule has 0 aliphatic carbocycles. The molecule has 11 heteroatoms. The number of nitriles is 1. The van der Waals surface area contributed by atoms with Crippen LogP contribution in [0.5, 0.6) is 0 Å². The summed E-state index contributed by atoms with van der Waals surface area (Å²) in [6.45, 7) is 2.45. The van der Waals surface area contributed by atoms with Crippen LogP contribution in [0.15, 0.2) is 52.8 Å². The molecular formula is C25H22N8O2S. The van der Waals surface area contributed by atoms with Gasteiger partial charge in [0.15, 0.2) is 5.82 Å². The van der Waals surface area contributed by atoms with Gasteiger partial charge < -0.3 is 14.8 Å². The van der Waals surface area contributed by atoms with Crippen LogP contribution in [0, 0.1) is 11.3 Å². The minimum absolute atomic E-state index is 0.0235. The second-order valence-electron chi connectivity index (χ2n) is 8.72. The van der Waals surface area contributed by atoms with Crippen molar-refractivity contribution in [3.63, 3.8) is 0 Å². The molecule has 0 saturated carbocycles. The number of rotatable bonds is 4. The minimum atomic E-state index is -0.190. The summed E-state index contributed by atoms with van der Waals surface area (Å²) in [5, 5.41) is 10.1. The number of benzene rings is 2. The Labute approximate surface area is 209 Å². The molecule has 180 valence electrons. The van der Waals surface area contributed by atoms with Crippen molar-refractivity contribution < 1.29 is 4.79 Å². The summed E-state index contributed by atoms with van der Waals surface area (Å²) in [6, 6.07) is 15.0. The highest BCUT2D eigenvalue weighted by Gasteiger charge is 2.26. The van der Waals surface area contributed by atoms with E-state index in [9.17, 15) is 9.59 Å². The highest BCUT2D eigenvalue weighted by atomic mass is 32.1. The van der Waals surface area contributed by atoms with Crippen molar-refractivity contribution in [2.75, 3.05) is 31.1 Å². The predicted molar refractivity (Wildman–Crippen MR) is 138 cm³/mol. The number of imidazole rings is 2. The molecule has 6 rings (SSSR count). The van der Waals surface area contributed by atoms with E-state index >= 15 is 0 Å². The first-order valence-electron chi connectivity index (χ1n) is 11.5. The second-order valence-corrected chi connectivity index (χ2v) is 9.55. The van der Waals surface area contributed by atoms with Gasteiger partial charge in [0.1, 0.15) is 17.2 Å². The van der Waals surface area contributed by atoms with Crippen LogP contribution in [-0.4, -0.2) is 61.1 Å². The van der Waals surface area contributed by atoms with E-state index in [1.165, 1.54) is 11.3 Å². The van der Waals surface area contributed by atoms with Crippen LogP contribution >= 0.6 is 11.3 Å². The van der Waals surface area contributed by atoms with Crippen LogP contribution < -0.4 is 10.6 Å². The molecule has 1 N–H and O–H groups in total. The molecule has 1 fully saturated rings. The van der Waals surface area contributed by atoms with Gasteiger partial charge in [0.25, 0.3) is 0 Å². The van der Waals surface area contributed by atoms with Gasteiger partial charge in [-0.15, -0.1) is 11.3 Å². The SMILES string of the molecule is Cn1c(=O)n(CC(=O)N2CCN(c3scnc3-c3nc4cc(C#N)ccc4[nH]3)CC2)c2ccccc21. The Morgan fingerprint density at radius 1 is 1.14 bits per heavy atom. The van der Waals surface area contributed by atoms with E-state index < -0.39 is 0 Å². The number of anilines is 1. The van der Waals surface area contributed by atoms with Crippen LogP contribution in [0.4, 0.5) is 5.00 Å². The van der Waals surface area contributed by atoms with Gasteiger partial charge >= 0.3 is 5.69 Å². The summed E-state index contributed by atoms with van der Waals surface area (Å²) in [7, 11) is 1.72. The number of carbonyl (C=O) groups is 1. The molecule has 1 amide bonds. The number of aryl methyl sites for hydroxylation is 1. The van der Waals surface area contributed by atoms with Crippen LogP contribution in [0.1, 0.15) is 5.56 Å². The fourth-order valence-electron chi connectivity index (χ4n) is 4.72. The number of carbonyl (C=O) groups excluding carboxylic acids is 1. The lowest BCUT2D eigenvalue weighted by molar-refractivity contribution is -0.132. The first kappa shape index (κ1) is 22.1. The van der Waals surface area contributed by atoms with Crippen molar-refractivity contribution in [1.29, 1.82) is 5.26 Å². The zero-order chi connectivity index (χ0) is 24.8. The van der Waals surface area contributed by atoms with Gasteiger partial charge in [0.2, 0.25) is 5.91 Å². The van der Waals surface area contributed by atoms with Crippen molar-refractivity contribution in [3.8, 4) is 17.6 Å². The normalized spacial score (nSPS) is 14.0. The van der Waals surface area contributed by atoms with Gasteiger partial charge in [0, 0.05) is 33.2 Å². The molecule has 36 heavy (non-hydrogen) atoms. The summed E-state index contributed by atoms with van der Waals surface area (Å²) in [6.07, 6.45) is 0. The van der Waals surface area contributed by atoms with Crippen LogP contribution in [-0.2, 0) is 18.4 Å². The van der Waals surface area contributed by atoms with Crippen molar-refractivity contribution in [3.05, 3.63) is 64.0 Å². The smallest absolute Gasteiger partial charge is 0.329 e. The maximum Gasteiger partial charge on any atom is 0.329 e. The molecule has 3 aromatic heterocycles. The summed E-state index contributed by atoms with van der Waals surface area (Å²) >= 11 is 1.54. The number of nitrogens with zero attached hydrogens (tertiary/aromatic N) is 7. The lowest BCUT2D eigenvalue weighted by Gasteiger charge is -2.35. The molecule has 5 aromatic rings. The quantitative estimate of drug-likeness (QED) is 0.407. The van der Waals surface area contributed by atoms with Gasteiger partial charge in [-0.3, -0.25) is 13.9 Å². The average molecular weight is 499 g/mol. The monoisotopic (exact) mass is 498 g/mol. The maximum atomic E-state index is 13.1. The molecule has 10 nitrogen and oxygen atoms in total. The zero-order valence-corrected chi connectivity index (χ0v) is 20.3. The van der Waals surface area contributed by atoms with Gasteiger partial charge in [-0.05, 0) is 30.3 Å². The lowest BCUT2D eigenvalue weighted by atomic mass is 10.2. The van der Waals surface area contributed by atoms with Crippen LogP contribution in [0.3, 0.4) is 0 Å². The molecule has 0 bridgehead atoms. The zero-order valence-electron chi connectivity index (χ0n) is 19.5. The number of fused-ring (bicyclic) bond motifs is 2. The van der Waals surface area contributed by atoms with Crippen molar-refractivity contribution in [2.45, 2.75) is 6.54 Å². The van der Waals surface area contributed by atoms with E-state index in [1.54, 1.807) is 33.8 Å². The molecule has 0 unspecified atom stereocenters. The van der Waals surface area contributed by atoms with Gasteiger partial charge in [0.05, 0.1) is 39.2 Å². The number of H-pyrrole nitrogens is 1. The number of piperazine rings is 1. The number of hydrogen-bond donors (Lipinski definition) is 1. The van der Waals surface area contributed by atoms with Crippen LogP contribution in [0.25, 0.3) is 33.6 Å². The Kier molecular flexibility index (Phi) is 5.30. The number of thiazole rings is 1. The maximum absolute atomic E-state index is 13.1. The number of hydrogen-bond acceptors (Lipinski definition) is 7. The number of amides is 1. The number of aromatic nitrogens is 5. The van der Waals surface area contributed by atoms with E-state index in [4.69, 9.17) is 5.26 Å². The fraction of sp³-hybridized carbons (Fsp3) is 0.240. The van der Waals surface area contributed by atoms with Crippen molar-refractivity contribution in [1.82, 2.24) is 29.0 Å². The topological polar surface area (TPSA) is 116 Å². The molecule has 1 saturated heterocycles. The Hall–Kier alpha value is -4.43. The second kappa shape index (κ2) is 8.66. The number of para-hydroxylation sites is 2. The van der Waals surface area contributed by atoms with Crippen molar-refractivity contribution in [2.24, 2.45) is 7.05 Å². The molecular weight excluding hydrogens is 476 g/mol. The lowest BCUT2D eigenvalue weighted by Crippen LogP contribution is -2.50. The van der Waals surface area contributed by atoms with E-state index in [-0.39, 0.29) is 18.1 Å². The van der Waals surface area contributed by atoms with Gasteiger partial charge in [-0.2, -0.15) is 5.26 Å². The summed E-state index contributed by atoms with van der Waals surface area (Å²) in [5.41, 5.74) is 6.08. The standard InChI is InChI=1S/C25H22N8O2S/c1-30-19-4-2-3-5-20(19)33(25(30)35)14-21(34)31-8-10-32(11-9-31)24-22(27-15-36-24)23-28-17-7-6-16(13-26)12-18(17)29-23/h2-7,12,15H,8-11,14H2,1H3,(H,28,29). The van der Waals surface area contributed by atoms with Gasteiger partial charge in [-0.25, -0.2) is 14.8 Å². The van der Waals surface area contributed by atoms with Gasteiger partial charge in [-0.1, -0.05) is 12.1 Å². The number of aromatic amines is 1. The van der Waals surface area contributed by atoms with E-state index in [0.717, 1.165) is 32.8 Å². The Morgan fingerprint density at radius 2 is 1.92 bits per heavy atom. The summed E-state index contributed by atoms with van der Waals surface area (Å²) in [5.74, 6) is 0.591. The molecule has 0 atom stereocenters. The summed E-state index contributed by atoms with van der Waals surface area (Å²) in [4.78, 5) is 42.3. The highest BCUT2D eigenvalue weighted by molar-refractivity contribution is 7.14. The third-order valence-corrected chi connectivity index (χ3v) is 7.54. The average Bonchev–Trinajstić information content (AvgIpc) is 3.62. The third-order valence-electron chi connectivity index (χ3n) is 6.65. The predicted octanol–water partition coefficient (Wildman–Crippen LogP) is 2.56. The molecule has 1 aliphatic rings. The first-order valence-corrected chi connectivity index (χ1v) is 12.4. The Bertz CT molecular complexity index is 1710. The van der Waals surface area contributed by atoms with E-state index in [2.05, 4.69) is 25.9 Å². The highest BCUT2D eigenvalue weighted by Crippen LogP contribution is 2.34. The number of nitrogens with one attached hydrogen (secondary N) is 1. The van der Waals surface area contributed by atoms with E-state index in [1.807, 2.05) is 35.2 Å². The first-order chi connectivity index (χ1) is 17.5. The molecule has 1 aliphatic heterocycles. The van der Waals surface area contributed by atoms with E-state index in [0.29, 0.717) is 37.6 Å². The van der Waals surface area contributed by atoms with Crippen molar-refractivity contribution >= 4 is 44.3 Å². The fourth-order valence-corrected chi connectivity index (χ4v) is 5.58. The molecule has 2 aromatic carbocycles. The molecule has 0 spiro atoms. The Balaban J connectivity index is 1.18.